The zero-order valence-electron chi connectivity index (χ0n) is 17.4. The van der Waals surface area contributed by atoms with Crippen LogP contribution in [0.2, 0.25) is 0 Å². The van der Waals surface area contributed by atoms with Gasteiger partial charge in [0.25, 0.3) is 5.56 Å². The van der Waals surface area contributed by atoms with Crippen LogP contribution in [0.15, 0.2) is 34.1 Å². The van der Waals surface area contributed by atoms with Crippen LogP contribution < -0.4 is 26.0 Å². The number of carbonyl (C=O) groups is 1. The van der Waals surface area contributed by atoms with E-state index >= 15 is 0 Å². The van der Waals surface area contributed by atoms with Crippen LogP contribution in [-0.2, 0) is 35.5 Å². The van der Waals surface area contributed by atoms with Gasteiger partial charge in [0.15, 0.2) is 11.2 Å². The predicted molar refractivity (Wildman–Crippen MR) is 115 cm³/mol. The number of amides is 1. The Balaban J connectivity index is 1.87. The van der Waals surface area contributed by atoms with E-state index in [1.54, 1.807) is 7.05 Å². The Labute approximate surface area is 177 Å². The highest BCUT2D eigenvalue weighted by Crippen LogP contribution is 2.28. The second-order valence-corrected chi connectivity index (χ2v) is 8.74. The summed E-state index contributed by atoms with van der Waals surface area (Å²) in [5.74, 6) is -0.539. The van der Waals surface area contributed by atoms with Crippen molar-refractivity contribution in [2.24, 2.45) is 14.1 Å². The van der Waals surface area contributed by atoms with E-state index in [0.29, 0.717) is 5.69 Å². The van der Waals surface area contributed by atoms with Gasteiger partial charge in [-0.15, -0.1) is 0 Å². The molecule has 3 rings (SSSR count). The fourth-order valence-electron chi connectivity index (χ4n) is 2.97. The van der Waals surface area contributed by atoms with Gasteiger partial charge in [-0.05, 0) is 19.1 Å². The largest absolute Gasteiger partial charge is 0.494 e. The molecule has 166 valence electrons. The maximum Gasteiger partial charge on any atom is 0.332 e. The molecule has 1 amide bonds. The summed E-state index contributed by atoms with van der Waals surface area (Å²) in [6.07, 6.45) is 1.41. The molecule has 0 aliphatic rings. The minimum atomic E-state index is -3.51. The third kappa shape index (κ3) is 4.30. The van der Waals surface area contributed by atoms with Crippen molar-refractivity contribution in [3.05, 3.63) is 45.4 Å². The van der Waals surface area contributed by atoms with Crippen LogP contribution in [-0.4, -0.2) is 45.9 Å². The minimum Gasteiger partial charge on any atom is -0.494 e. The topological polar surface area (TPSA) is 146 Å². The van der Waals surface area contributed by atoms with Gasteiger partial charge in [0, 0.05) is 25.8 Å². The first-order valence-electron chi connectivity index (χ1n) is 9.17. The van der Waals surface area contributed by atoms with Crippen molar-refractivity contribution in [2.45, 2.75) is 13.5 Å². The van der Waals surface area contributed by atoms with E-state index in [1.807, 2.05) is 0 Å². The quantitative estimate of drug-likeness (QED) is 0.509. The molecule has 3 aromatic rings. The SMILES string of the molecule is CCS(=O)(=O)Nc1ccc(NC(=O)Cn2c(=O)c3c(ncn3C)n(C)c2=O)cc1OC. The number of rotatable bonds is 7. The molecule has 1 aromatic carbocycles. The number of nitrogens with zero attached hydrogens (tertiary/aromatic N) is 4. The minimum absolute atomic E-state index is 0.112. The second kappa shape index (κ2) is 8.26. The number of carbonyl (C=O) groups excluding carboxylic acids is 1. The van der Waals surface area contributed by atoms with Crippen molar-refractivity contribution < 1.29 is 17.9 Å². The molecule has 0 spiro atoms. The normalized spacial score (nSPS) is 11.5. The smallest absolute Gasteiger partial charge is 0.332 e. The Morgan fingerprint density at radius 3 is 2.58 bits per heavy atom. The summed E-state index contributed by atoms with van der Waals surface area (Å²) in [5.41, 5.74) is -0.363. The van der Waals surface area contributed by atoms with Crippen LogP contribution in [0.3, 0.4) is 0 Å². The van der Waals surface area contributed by atoms with E-state index in [9.17, 15) is 22.8 Å². The fraction of sp³-hybridized carbons (Fsp3) is 0.333. The zero-order valence-corrected chi connectivity index (χ0v) is 18.2. The molecule has 2 aromatic heterocycles. The van der Waals surface area contributed by atoms with Crippen LogP contribution in [0, 0.1) is 0 Å². The lowest BCUT2D eigenvalue weighted by Crippen LogP contribution is -2.42. The zero-order chi connectivity index (χ0) is 22.9. The number of hydrogen-bond donors (Lipinski definition) is 2. The van der Waals surface area contributed by atoms with Crippen molar-refractivity contribution in [3.8, 4) is 5.75 Å². The number of hydrogen-bond acceptors (Lipinski definition) is 7. The number of anilines is 2. The molecule has 0 atom stereocenters. The number of imidazole rings is 1. The Morgan fingerprint density at radius 1 is 1.23 bits per heavy atom. The van der Waals surface area contributed by atoms with Crippen molar-refractivity contribution in [1.82, 2.24) is 18.7 Å². The van der Waals surface area contributed by atoms with E-state index in [1.165, 1.54) is 54.7 Å². The predicted octanol–water partition coefficient (Wildman–Crippen LogP) is -0.157. The van der Waals surface area contributed by atoms with E-state index < -0.39 is 33.7 Å². The lowest BCUT2D eigenvalue weighted by atomic mass is 10.2. The Hall–Kier alpha value is -3.61. The first-order chi connectivity index (χ1) is 14.6. The lowest BCUT2D eigenvalue weighted by Gasteiger charge is -2.13. The van der Waals surface area contributed by atoms with Crippen LogP contribution in [0.1, 0.15) is 6.92 Å². The summed E-state index contributed by atoms with van der Waals surface area (Å²) >= 11 is 0. The molecule has 2 heterocycles. The number of ether oxygens (including phenoxy) is 1. The van der Waals surface area contributed by atoms with Gasteiger partial charge < -0.3 is 14.6 Å². The summed E-state index contributed by atoms with van der Waals surface area (Å²) in [5, 5.41) is 2.57. The number of aromatic nitrogens is 4. The van der Waals surface area contributed by atoms with Gasteiger partial charge in [-0.1, -0.05) is 0 Å². The molecule has 0 saturated carbocycles. The summed E-state index contributed by atoms with van der Waals surface area (Å²) in [4.78, 5) is 41.8. The van der Waals surface area contributed by atoms with Gasteiger partial charge in [0.1, 0.15) is 12.3 Å². The third-order valence-electron chi connectivity index (χ3n) is 4.63. The molecule has 12 nitrogen and oxygen atoms in total. The highest BCUT2D eigenvalue weighted by Gasteiger charge is 2.18. The molecule has 0 aliphatic heterocycles. The molecular weight excluding hydrogens is 428 g/mol. The highest BCUT2D eigenvalue weighted by molar-refractivity contribution is 7.92. The molecule has 0 radical (unpaired) electrons. The van der Waals surface area contributed by atoms with Gasteiger partial charge >= 0.3 is 5.69 Å². The van der Waals surface area contributed by atoms with Gasteiger partial charge in [-0.2, -0.15) is 0 Å². The summed E-state index contributed by atoms with van der Waals surface area (Å²) < 4.78 is 34.6. The van der Waals surface area contributed by atoms with Crippen LogP contribution >= 0.6 is 0 Å². The molecular formula is C18H22N6O6S. The van der Waals surface area contributed by atoms with Crippen molar-refractivity contribution in [3.63, 3.8) is 0 Å². The molecule has 0 unspecified atom stereocenters. The van der Waals surface area contributed by atoms with Gasteiger partial charge in [0.05, 0.1) is 24.9 Å². The van der Waals surface area contributed by atoms with E-state index in [4.69, 9.17) is 4.74 Å². The van der Waals surface area contributed by atoms with Crippen molar-refractivity contribution in [1.29, 1.82) is 0 Å². The number of benzene rings is 1. The first kappa shape index (κ1) is 22.1. The van der Waals surface area contributed by atoms with Crippen LogP contribution in [0.25, 0.3) is 11.2 Å². The van der Waals surface area contributed by atoms with Gasteiger partial charge in [-0.3, -0.25) is 18.9 Å². The molecule has 0 fully saturated rings. The van der Waals surface area contributed by atoms with Gasteiger partial charge in [-0.25, -0.2) is 22.8 Å². The maximum atomic E-state index is 12.7. The Bertz CT molecular complexity index is 1390. The number of sulfonamides is 1. The van der Waals surface area contributed by atoms with Gasteiger partial charge in [0.2, 0.25) is 15.9 Å². The third-order valence-corrected chi connectivity index (χ3v) is 5.92. The van der Waals surface area contributed by atoms with E-state index in [2.05, 4.69) is 15.0 Å². The highest BCUT2D eigenvalue weighted by atomic mass is 32.2. The molecule has 0 aliphatic carbocycles. The number of aryl methyl sites for hydroxylation is 2. The molecule has 2 N–H and O–H groups in total. The van der Waals surface area contributed by atoms with Crippen LogP contribution in [0.4, 0.5) is 11.4 Å². The molecule has 0 saturated heterocycles. The number of nitrogens with one attached hydrogen (secondary N) is 2. The summed E-state index contributed by atoms with van der Waals surface area (Å²) in [6.45, 7) is 0.984. The second-order valence-electron chi connectivity index (χ2n) is 6.73. The Kier molecular flexibility index (Phi) is 5.88. The standard InChI is InChI=1S/C18H22N6O6S/c1-5-31(28,29)21-12-7-6-11(8-13(12)30-4)20-14(25)9-24-17(26)15-16(19-10-22(15)2)23(3)18(24)27/h6-8,10,21H,5,9H2,1-4H3,(H,20,25). The maximum absolute atomic E-state index is 12.7. The monoisotopic (exact) mass is 450 g/mol. The molecule has 0 bridgehead atoms. The van der Waals surface area contributed by atoms with Crippen molar-refractivity contribution in [2.75, 3.05) is 22.9 Å². The Morgan fingerprint density at radius 2 is 1.94 bits per heavy atom. The van der Waals surface area contributed by atoms with E-state index in [0.717, 1.165) is 4.57 Å². The van der Waals surface area contributed by atoms with E-state index in [-0.39, 0.29) is 28.4 Å². The molecule has 31 heavy (non-hydrogen) atoms. The average Bonchev–Trinajstić information content (AvgIpc) is 3.12. The lowest BCUT2D eigenvalue weighted by molar-refractivity contribution is -0.116. The number of methoxy groups -OCH3 is 1. The van der Waals surface area contributed by atoms with Crippen LogP contribution in [0.5, 0.6) is 5.75 Å². The average molecular weight is 450 g/mol. The number of fused-ring (bicyclic) bond motifs is 1. The molecule has 13 heteroatoms. The summed E-state index contributed by atoms with van der Waals surface area (Å²) in [6, 6.07) is 4.34. The first-order valence-corrected chi connectivity index (χ1v) is 10.8. The summed E-state index contributed by atoms with van der Waals surface area (Å²) in [7, 11) is 0.929. The fourth-order valence-corrected chi connectivity index (χ4v) is 3.62. The van der Waals surface area contributed by atoms with Crippen molar-refractivity contribution >= 4 is 38.5 Å².